The number of hydrogen-bond acceptors (Lipinski definition) is 1. The Kier molecular flexibility index (Phi) is 4.34. The zero-order chi connectivity index (χ0) is 13.0. The SMILES string of the molecule is CC1CCCCC1CNC(=O)c1ccccc1F. The van der Waals surface area contributed by atoms with Crippen molar-refractivity contribution < 1.29 is 9.18 Å². The molecule has 1 aliphatic carbocycles. The van der Waals surface area contributed by atoms with Gasteiger partial charge in [-0.05, 0) is 30.4 Å². The van der Waals surface area contributed by atoms with Crippen LogP contribution in [0, 0.1) is 17.7 Å². The maximum absolute atomic E-state index is 13.4. The summed E-state index contributed by atoms with van der Waals surface area (Å²) in [5.74, 6) is 0.437. The van der Waals surface area contributed by atoms with Gasteiger partial charge in [0.05, 0.1) is 5.56 Å². The number of halogens is 1. The van der Waals surface area contributed by atoms with Crippen LogP contribution in [0.3, 0.4) is 0 Å². The quantitative estimate of drug-likeness (QED) is 0.874. The van der Waals surface area contributed by atoms with E-state index in [1.165, 1.54) is 37.8 Å². The summed E-state index contributed by atoms with van der Waals surface area (Å²) >= 11 is 0. The second-order valence-corrected chi connectivity index (χ2v) is 5.21. The van der Waals surface area contributed by atoms with E-state index in [-0.39, 0.29) is 11.5 Å². The molecule has 0 bridgehead atoms. The lowest BCUT2D eigenvalue weighted by Gasteiger charge is -2.28. The van der Waals surface area contributed by atoms with E-state index in [9.17, 15) is 9.18 Å². The molecule has 1 saturated carbocycles. The molecule has 18 heavy (non-hydrogen) atoms. The fourth-order valence-electron chi connectivity index (χ4n) is 2.66. The largest absolute Gasteiger partial charge is 0.352 e. The molecule has 0 radical (unpaired) electrons. The van der Waals surface area contributed by atoms with Crippen molar-refractivity contribution in [3.05, 3.63) is 35.6 Å². The Morgan fingerprint density at radius 2 is 2.06 bits per heavy atom. The molecule has 0 heterocycles. The number of carbonyl (C=O) groups excluding carboxylic acids is 1. The molecule has 1 aliphatic rings. The van der Waals surface area contributed by atoms with Crippen molar-refractivity contribution in [1.82, 2.24) is 5.32 Å². The van der Waals surface area contributed by atoms with Crippen LogP contribution in [0.25, 0.3) is 0 Å². The minimum absolute atomic E-state index is 0.140. The first-order valence-electron chi connectivity index (χ1n) is 6.71. The molecule has 98 valence electrons. The van der Waals surface area contributed by atoms with Crippen molar-refractivity contribution in [1.29, 1.82) is 0 Å². The van der Waals surface area contributed by atoms with Crippen molar-refractivity contribution in [3.63, 3.8) is 0 Å². The average Bonchev–Trinajstić information content (AvgIpc) is 2.38. The zero-order valence-corrected chi connectivity index (χ0v) is 10.8. The van der Waals surface area contributed by atoms with Gasteiger partial charge in [0, 0.05) is 6.54 Å². The summed E-state index contributed by atoms with van der Waals surface area (Å²) in [5, 5.41) is 2.86. The van der Waals surface area contributed by atoms with Gasteiger partial charge in [-0.2, -0.15) is 0 Å². The summed E-state index contributed by atoms with van der Waals surface area (Å²) in [4.78, 5) is 11.9. The highest BCUT2D eigenvalue weighted by Crippen LogP contribution is 2.28. The minimum atomic E-state index is -0.452. The highest BCUT2D eigenvalue weighted by Gasteiger charge is 2.22. The predicted molar refractivity (Wildman–Crippen MR) is 69.9 cm³/mol. The van der Waals surface area contributed by atoms with Crippen LogP contribution in [0.2, 0.25) is 0 Å². The van der Waals surface area contributed by atoms with E-state index in [0.717, 1.165) is 0 Å². The normalized spacial score (nSPS) is 23.7. The summed E-state index contributed by atoms with van der Waals surface area (Å²) in [6.45, 7) is 2.90. The van der Waals surface area contributed by atoms with Gasteiger partial charge in [-0.25, -0.2) is 4.39 Å². The molecule has 0 aliphatic heterocycles. The smallest absolute Gasteiger partial charge is 0.254 e. The Labute approximate surface area is 108 Å². The topological polar surface area (TPSA) is 29.1 Å². The monoisotopic (exact) mass is 249 g/mol. The van der Waals surface area contributed by atoms with Crippen molar-refractivity contribution in [2.24, 2.45) is 11.8 Å². The van der Waals surface area contributed by atoms with Gasteiger partial charge in [0.25, 0.3) is 5.91 Å². The van der Waals surface area contributed by atoms with E-state index in [0.29, 0.717) is 18.4 Å². The lowest BCUT2D eigenvalue weighted by Crippen LogP contribution is -2.33. The number of hydrogen-bond donors (Lipinski definition) is 1. The predicted octanol–water partition coefficient (Wildman–Crippen LogP) is 3.38. The number of benzene rings is 1. The fraction of sp³-hybridized carbons (Fsp3) is 0.533. The molecule has 0 aromatic heterocycles. The molecule has 0 spiro atoms. The minimum Gasteiger partial charge on any atom is -0.352 e. The highest BCUT2D eigenvalue weighted by atomic mass is 19.1. The van der Waals surface area contributed by atoms with Gasteiger partial charge in [-0.15, -0.1) is 0 Å². The Hall–Kier alpha value is -1.38. The van der Waals surface area contributed by atoms with E-state index >= 15 is 0 Å². The van der Waals surface area contributed by atoms with Crippen LogP contribution in [-0.2, 0) is 0 Å². The van der Waals surface area contributed by atoms with Crippen LogP contribution in [0.5, 0.6) is 0 Å². The van der Waals surface area contributed by atoms with Gasteiger partial charge in [-0.1, -0.05) is 38.3 Å². The van der Waals surface area contributed by atoms with E-state index in [1.54, 1.807) is 12.1 Å². The lowest BCUT2D eigenvalue weighted by molar-refractivity contribution is 0.0932. The van der Waals surface area contributed by atoms with Gasteiger partial charge < -0.3 is 5.32 Å². The second kappa shape index (κ2) is 5.98. The van der Waals surface area contributed by atoms with Crippen molar-refractivity contribution in [2.75, 3.05) is 6.54 Å². The molecule has 1 N–H and O–H groups in total. The molecule has 1 aromatic rings. The standard InChI is InChI=1S/C15H20FNO/c1-11-6-2-3-7-12(11)10-17-15(18)13-8-4-5-9-14(13)16/h4-5,8-9,11-12H,2-3,6-7,10H2,1H3,(H,17,18). The molecule has 2 nitrogen and oxygen atoms in total. The highest BCUT2D eigenvalue weighted by molar-refractivity contribution is 5.94. The molecule has 3 heteroatoms. The first-order chi connectivity index (χ1) is 8.68. The van der Waals surface area contributed by atoms with Gasteiger partial charge in [0.1, 0.15) is 5.82 Å². The van der Waals surface area contributed by atoms with Gasteiger partial charge in [0.15, 0.2) is 0 Å². The molecular weight excluding hydrogens is 229 g/mol. The summed E-state index contributed by atoms with van der Waals surface area (Å²) in [5.41, 5.74) is 0.140. The van der Waals surface area contributed by atoms with Crippen LogP contribution < -0.4 is 5.32 Å². The van der Waals surface area contributed by atoms with Crippen LogP contribution in [0.4, 0.5) is 4.39 Å². The van der Waals surface area contributed by atoms with Gasteiger partial charge in [-0.3, -0.25) is 4.79 Å². The first kappa shape index (κ1) is 13.1. The summed E-state index contributed by atoms with van der Waals surface area (Å²) in [6.07, 6.45) is 4.93. The third-order valence-electron chi connectivity index (χ3n) is 3.93. The van der Waals surface area contributed by atoms with Crippen LogP contribution >= 0.6 is 0 Å². The third kappa shape index (κ3) is 3.09. The van der Waals surface area contributed by atoms with E-state index in [2.05, 4.69) is 12.2 Å². The fourth-order valence-corrected chi connectivity index (χ4v) is 2.66. The van der Waals surface area contributed by atoms with Crippen LogP contribution in [0.15, 0.2) is 24.3 Å². The molecule has 1 amide bonds. The number of amides is 1. The maximum atomic E-state index is 13.4. The Balaban J connectivity index is 1.90. The Bertz CT molecular complexity index is 419. The summed E-state index contributed by atoms with van der Waals surface area (Å²) < 4.78 is 13.4. The number of nitrogens with one attached hydrogen (secondary N) is 1. The van der Waals surface area contributed by atoms with E-state index in [1.807, 2.05) is 0 Å². The second-order valence-electron chi connectivity index (χ2n) is 5.21. The molecule has 2 unspecified atom stereocenters. The Morgan fingerprint density at radius 3 is 2.78 bits per heavy atom. The molecule has 2 rings (SSSR count). The molecular formula is C15H20FNO. The molecule has 2 atom stereocenters. The molecule has 1 fully saturated rings. The first-order valence-corrected chi connectivity index (χ1v) is 6.71. The van der Waals surface area contributed by atoms with Gasteiger partial charge >= 0.3 is 0 Å². The average molecular weight is 249 g/mol. The Morgan fingerprint density at radius 1 is 1.33 bits per heavy atom. The zero-order valence-electron chi connectivity index (χ0n) is 10.8. The van der Waals surface area contributed by atoms with Crippen molar-refractivity contribution in [2.45, 2.75) is 32.6 Å². The molecule has 0 saturated heterocycles. The van der Waals surface area contributed by atoms with Crippen LogP contribution in [-0.4, -0.2) is 12.5 Å². The summed E-state index contributed by atoms with van der Waals surface area (Å²) in [6, 6.07) is 6.11. The van der Waals surface area contributed by atoms with Crippen molar-refractivity contribution in [3.8, 4) is 0 Å². The molecule has 1 aromatic carbocycles. The lowest BCUT2D eigenvalue weighted by atomic mass is 9.80. The number of carbonyl (C=O) groups is 1. The van der Waals surface area contributed by atoms with Crippen molar-refractivity contribution >= 4 is 5.91 Å². The third-order valence-corrected chi connectivity index (χ3v) is 3.93. The van der Waals surface area contributed by atoms with Gasteiger partial charge in [0.2, 0.25) is 0 Å². The maximum Gasteiger partial charge on any atom is 0.254 e. The summed E-state index contributed by atoms with van der Waals surface area (Å²) in [7, 11) is 0. The van der Waals surface area contributed by atoms with E-state index < -0.39 is 5.82 Å². The van der Waals surface area contributed by atoms with Crippen LogP contribution in [0.1, 0.15) is 43.0 Å². The number of rotatable bonds is 3. The van der Waals surface area contributed by atoms with E-state index in [4.69, 9.17) is 0 Å².